The van der Waals surface area contributed by atoms with Crippen LogP contribution >= 0.6 is 0 Å². The van der Waals surface area contributed by atoms with Crippen LogP contribution in [0.3, 0.4) is 0 Å². The van der Waals surface area contributed by atoms with Gasteiger partial charge in [0.2, 0.25) is 5.91 Å². The number of benzene rings is 2. The van der Waals surface area contributed by atoms with Gasteiger partial charge in [-0.15, -0.1) is 0 Å². The van der Waals surface area contributed by atoms with Gasteiger partial charge in [0.25, 0.3) is 0 Å². The summed E-state index contributed by atoms with van der Waals surface area (Å²) in [5.41, 5.74) is 5.37. The van der Waals surface area contributed by atoms with Crippen LogP contribution < -0.4 is 10.1 Å². The Morgan fingerprint density at radius 3 is 2.55 bits per heavy atom. The van der Waals surface area contributed by atoms with Gasteiger partial charge in [0, 0.05) is 32.1 Å². The van der Waals surface area contributed by atoms with Gasteiger partial charge >= 0.3 is 0 Å². The molecule has 1 N–H and O–H groups in total. The average Bonchev–Trinajstić information content (AvgIpc) is 3.64. The maximum Gasteiger partial charge on any atom is 0.223 e. The topological polar surface area (TPSA) is 41.6 Å². The molecule has 3 aliphatic rings. The predicted octanol–water partition coefficient (Wildman–Crippen LogP) is 4.06. The van der Waals surface area contributed by atoms with Crippen LogP contribution in [-0.2, 0) is 30.8 Å². The van der Waals surface area contributed by atoms with Crippen LogP contribution in [0.25, 0.3) is 0 Å². The van der Waals surface area contributed by atoms with E-state index in [2.05, 4.69) is 52.7 Å². The summed E-state index contributed by atoms with van der Waals surface area (Å²) >= 11 is 0. The number of nitrogens with zero attached hydrogens (tertiary/aromatic N) is 1. The highest BCUT2D eigenvalue weighted by Crippen LogP contribution is 2.31. The maximum absolute atomic E-state index is 11.8. The molecule has 2 fully saturated rings. The molecule has 1 amide bonds. The van der Waals surface area contributed by atoms with Crippen molar-refractivity contribution < 1.29 is 9.53 Å². The normalized spacial score (nSPS) is 18.9. The Balaban J connectivity index is 1.13. The first-order chi connectivity index (χ1) is 14.2. The van der Waals surface area contributed by atoms with Crippen molar-refractivity contribution in [3.63, 3.8) is 0 Å². The Labute approximate surface area is 173 Å². The molecular weight excluding hydrogens is 360 g/mol. The van der Waals surface area contributed by atoms with Gasteiger partial charge in [0.1, 0.15) is 5.75 Å². The summed E-state index contributed by atoms with van der Waals surface area (Å²) in [6.45, 7) is 4.56. The summed E-state index contributed by atoms with van der Waals surface area (Å²) in [5, 5.41) is 3.04. The van der Waals surface area contributed by atoms with Crippen molar-refractivity contribution in [2.45, 2.75) is 51.7 Å². The fraction of sp³-hybridized carbons (Fsp3) is 0.480. The molecule has 2 aliphatic carbocycles. The minimum absolute atomic E-state index is 0.210. The highest BCUT2D eigenvalue weighted by atomic mass is 16.5. The van der Waals surface area contributed by atoms with Gasteiger partial charge in [0.05, 0.1) is 6.61 Å². The molecule has 152 valence electrons. The standard InChI is InChI=1S/C25H30N2O2/c28-25(21-7-8-21)26-14-18-1-3-19(4-2-18)15-27-12-11-22-13-24(10-9-23(22)16-27)29-17-20-5-6-20/h1-4,9-10,13,20-21H,5-8,11-12,14-17H2,(H,26,28). The van der Waals surface area contributed by atoms with E-state index in [1.165, 1.54) is 35.1 Å². The first-order valence-electron chi connectivity index (χ1n) is 11.1. The SMILES string of the molecule is O=C(NCc1ccc(CN2CCc3cc(OCC4CC4)ccc3C2)cc1)C1CC1. The quantitative estimate of drug-likeness (QED) is 0.739. The van der Waals surface area contributed by atoms with E-state index in [9.17, 15) is 4.79 Å². The van der Waals surface area contributed by atoms with E-state index < -0.39 is 0 Å². The number of carbonyl (C=O) groups excluding carboxylic acids is 1. The summed E-state index contributed by atoms with van der Waals surface area (Å²) in [6.07, 6.45) is 5.85. The summed E-state index contributed by atoms with van der Waals surface area (Å²) in [6, 6.07) is 15.3. The van der Waals surface area contributed by atoms with E-state index in [0.717, 1.165) is 57.2 Å². The van der Waals surface area contributed by atoms with Gasteiger partial charge in [0.15, 0.2) is 0 Å². The highest BCUT2D eigenvalue weighted by molar-refractivity contribution is 5.80. The fourth-order valence-corrected chi connectivity index (χ4v) is 4.01. The Bertz CT molecular complexity index is 869. The van der Waals surface area contributed by atoms with Gasteiger partial charge in [-0.2, -0.15) is 0 Å². The molecular formula is C25H30N2O2. The number of fused-ring (bicyclic) bond motifs is 1. The van der Waals surface area contributed by atoms with Crippen molar-refractivity contribution in [1.29, 1.82) is 0 Å². The lowest BCUT2D eigenvalue weighted by Crippen LogP contribution is -2.30. The van der Waals surface area contributed by atoms with Crippen LogP contribution in [-0.4, -0.2) is 24.0 Å². The third-order valence-electron chi connectivity index (χ3n) is 6.30. The van der Waals surface area contributed by atoms with E-state index in [4.69, 9.17) is 4.74 Å². The molecule has 0 aromatic heterocycles. The van der Waals surface area contributed by atoms with Crippen molar-refractivity contribution in [3.05, 3.63) is 64.7 Å². The summed E-state index contributed by atoms with van der Waals surface area (Å²) < 4.78 is 5.94. The predicted molar refractivity (Wildman–Crippen MR) is 113 cm³/mol. The van der Waals surface area contributed by atoms with Gasteiger partial charge in [-0.25, -0.2) is 0 Å². The third kappa shape index (κ3) is 4.99. The monoisotopic (exact) mass is 390 g/mol. The lowest BCUT2D eigenvalue weighted by Gasteiger charge is -2.29. The molecule has 4 heteroatoms. The number of amides is 1. The molecule has 0 spiro atoms. The van der Waals surface area contributed by atoms with E-state index in [1.54, 1.807) is 0 Å². The van der Waals surface area contributed by atoms with Crippen molar-refractivity contribution in [1.82, 2.24) is 10.2 Å². The molecule has 29 heavy (non-hydrogen) atoms. The summed E-state index contributed by atoms with van der Waals surface area (Å²) in [5.74, 6) is 2.31. The van der Waals surface area contributed by atoms with Crippen LogP contribution in [0.15, 0.2) is 42.5 Å². The average molecular weight is 391 g/mol. The van der Waals surface area contributed by atoms with Crippen molar-refractivity contribution in [3.8, 4) is 5.75 Å². The first-order valence-corrected chi connectivity index (χ1v) is 11.1. The second kappa shape index (κ2) is 8.19. The van der Waals surface area contributed by atoms with Gasteiger partial charge < -0.3 is 10.1 Å². The Morgan fingerprint density at radius 2 is 1.79 bits per heavy atom. The number of ether oxygens (including phenoxy) is 1. The minimum atomic E-state index is 0.210. The zero-order valence-electron chi connectivity index (χ0n) is 17.0. The summed E-state index contributed by atoms with van der Waals surface area (Å²) in [7, 11) is 0. The summed E-state index contributed by atoms with van der Waals surface area (Å²) in [4.78, 5) is 14.3. The van der Waals surface area contributed by atoms with Crippen LogP contribution in [0.5, 0.6) is 5.75 Å². The van der Waals surface area contributed by atoms with E-state index in [1.807, 2.05) is 0 Å². The van der Waals surface area contributed by atoms with Crippen LogP contribution in [0, 0.1) is 11.8 Å². The molecule has 4 nitrogen and oxygen atoms in total. The Morgan fingerprint density at radius 1 is 1.00 bits per heavy atom. The largest absolute Gasteiger partial charge is 0.493 e. The smallest absolute Gasteiger partial charge is 0.223 e. The van der Waals surface area contributed by atoms with E-state index in [-0.39, 0.29) is 11.8 Å². The lowest BCUT2D eigenvalue weighted by atomic mass is 9.99. The van der Waals surface area contributed by atoms with E-state index >= 15 is 0 Å². The van der Waals surface area contributed by atoms with Crippen molar-refractivity contribution in [2.75, 3.05) is 13.2 Å². The minimum Gasteiger partial charge on any atom is -0.493 e. The number of carbonyl (C=O) groups is 1. The molecule has 0 unspecified atom stereocenters. The zero-order chi connectivity index (χ0) is 19.6. The second-order valence-corrected chi connectivity index (χ2v) is 8.95. The maximum atomic E-state index is 11.8. The van der Waals surface area contributed by atoms with Crippen molar-refractivity contribution >= 4 is 5.91 Å². The van der Waals surface area contributed by atoms with E-state index in [0.29, 0.717) is 6.54 Å². The van der Waals surface area contributed by atoms with Crippen LogP contribution in [0.1, 0.15) is 47.9 Å². The number of nitrogens with one attached hydrogen (secondary N) is 1. The van der Waals surface area contributed by atoms with Gasteiger partial charge in [-0.1, -0.05) is 30.3 Å². The number of hydrogen-bond acceptors (Lipinski definition) is 3. The first kappa shape index (κ1) is 18.7. The molecule has 0 saturated heterocycles. The van der Waals surface area contributed by atoms with Crippen molar-refractivity contribution in [2.24, 2.45) is 11.8 Å². The highest BCUT2D eigenvalue weighted by Gasteiger charge is 2.29. The van der Waals surface area contributed by atoms with Gasteiger partial charge in [-0.05, 0) is 72.4 Å². The molecule has 1 heterocycles. The zero-order valence-corrected chi connectivity index (χ0v) is 17.0. The van der Waals surface area contributed by atoms with Crippen LogP contribution in [0.4, 0.5) is 0 Å². The lowest BCUT2D eigenvalue weighted by molar-refractivity contribution is -0.122. The van der Waals surface area contributed by atoms with Crippen LogP contribution in [0.2, 0.25) is 0 Å². The molecule has 0 bridgehead atoms. The number of hydrogen-bond donors (Lipinski definition) is 1. The molecule has 0 radical (unpaired) electrons. The molecule has 1 aliphatic heterocycles. The molecule has 2 saturated carbocycles. The fourth-order valence-electron chi connectivity index (χ4n) is 4.01. The molecule has 0 atom stereocenters. The number of rotatable bonds is 8. The molecule has 2 aromatic rings. The second-order valence-electron chi connectivity index (χ2n) is 8.95. The van der Waals surface area contributed by atoms with Gasteiger partial charge in [-0.3, -0.25) is 9.69 Å². The third-order valence-corrected chi connectivity index (χ3v) is 6.30. The molecule has 2 aromatic carbocycles. The Kier molecular flexibility index (Phi) is 5.28. The Hall–Kier alpha value is -2.33. The molecule has 5 rings (SSSR count).